The fourth-order valence-corrected chi connectivity index (χ4v) is 2.65. The number of aryl methyl sites for hydroxylation is 1. The highest BCUT2D eigenvalue weighted by molar-refractivity contribution is 14.1. The SMILES string of the molecule is Fc1ccc([C@@H]2CCn3nc(I)nc32)cc1. The highest BCUT2D eigenvalue weighted by Gasteiger charge is 2.27. The molecule has 1 atom stereocenters. The molecule has 0 amide bonds. The van der Waals surface area contributed by atoms with Crippen molar-refractivity contribution in [1.82, 2.24) is 14.8 Å². The number of hydrogen-bond acceptors (Lipinski definition) is 2. The molecule has 5 heteroatoms. The number of halogens is 2. The molecule has 3 rings (SSSR count). The van der Waals surface area contributed by atoms with Crippen LogP contribution in [0.4, 0.5) is 4.39 Å². The molecule has 0 unspecified atom stereocenters. The summed E-state index contributed by atoms with van der Waals surface area (Å²) < 4.78 is 15.6. The van der Waals surface area contributed by atoms with Gasteiger partial charge in [-0.2, -0.15) is 0 Å². The van der Waals surface area contributed by atoms with E-state index < -0.39 is 0 Å². The molecule has 0 bridgehead atoms. The minimum Gasteiger partial charge on any atom is -0.248 e. The second-order valence-electron chi connectivity index (χ2n) is 3.85. The molecule has 0 spiro atoms. The van der Waals surface area contributed by atoms with Crippen LogP contribution in [-0.4, -0.2) is 14.8 Å². The van der Waals surface area contributed by atoms with E-state index in [0.29, 0.717) is 0 Å². The zero-order valence-electron chi connectivity index (χ0n) is 8.40. The molecule has 0 N–H and O–H groups in total. The summed E-state index contributed by atoms with van der Waals surface area (Å²) in [6, 6.07) is 6.66. The van der Waals surface area contributed by atoms with Crippen LogP contribution in [0.5, 0.6) is 0 Å². The number of nitrogens with zero attached hydrogens (tertiary/aromatic N) is 3. The van der Waals surface area contributed by atoms with Crippen molar-refractivity contribution in [2.45, 2.75) is 18.9 Å². The van der Waals surface area contributed by atoms with E-state index in [1.54, 1.807) is 0 Å². The molecular formula is C11H9FIN3. The Hall–Kier alpha value is -0.980. The van der Waals surface area contributed by atoms with Crippen molar-refractivity contribution in [2.75, 3.05) is 0 Å². The van der Waals surface area contributed by atoms with Crippen molar-refractivity contribution in [3.63, 3.8) is 0 Å². The van der Waals surface area contributed by atoms with Crippen LogP contribution in [-0.2, 0) is 6.54 Å². The summed E-state index contributed by atoms with van der Waals surface area (Å²) in [7, 11) is 0. The second kappa shape index (κ2) is 3.80. The van der Waals surface area contributed by atoms with Crippen LogP contribution in [0.3, 0.4) is 0 Å². The van der Waals surface area contributed by atoms with Crippen molar-refractivity contribution >= 4 is 22.6 Å². The maximum Gasteiger partial charge on any atom is 0.211 e. The Morgan fingerprint density at radius 2 is 2.06 bits per heavy atom. The van der Waals surface area contributed by atoms with E-state index in [1.807, 2.05) is 16.8 Å². The lowest BCUT2D eigenvalue weighted by molar-refractivity contribution is 0.624. The first-order chi connectivity index (χ1) is 7.74. The topological polar surface area (TPSA) is 30.7 Å². The first-order valence-corrected chi connectivity index (χ1v) is 6.17. The molecule has 16 heavy (non-hydrogen) atoms. The van der Waals surface area contributed by atoms with Gasteiger partial charge in [-0.05, 0) is 24.1 Å². The van der Waals surface area contributed by atoms with Crippen molar-refractivity contribution in [3.05, 3.63) is 45.3 Å². The molecular weight excluding hydrogens is 320 g/mol. The second-order valence-corrected chi connectivity index (χ2v) is 4.82. The van der Waals surface area contributed by atoms with E-state index in [9.17, 15) is 4.39 Å². The fourth-order valence-electron chi connectivity index (χ4n) is 2.14. The summed E-state index contributed by atoms with van der Waals surface area (Å²) in [6.45, 7) is 0.896. The first-order valence-electron chi connectivity index (χ1n) is 5.10. The van der Waals surface area contributed by atoms with Gasteiger partial charge < -0.3 is 0 Å². The Bertz CT molecular complexity index is 521. The highest BCUT2D eigenvalue weighted by atomic mass is 127. The van der Waals surface area contributed by atoms with Gasteiger partial charge in [-0.25, -0.2) is 14.1 Å². The maximum atomic E-state index is 12.8. The normalized spacial score (nSPS) is 18.8. The largest absolute Gasteiger partial charge is 0.248 e. The first kappa shape index (κ1) is 10.2. The average molecular weight is 329 g/mol. The molecule has 3 nitrogen and oxygen atoms in total. The molecule has 1 aliphatic rings. The molecule has 0 saturated heterocycles. The number of benzene rings is 1. The lowest BCUT2D eigenvalue weighted by atomic mass is 9.97. The molecule has 1 aromatic carbocycles. The minimum atomic E-state index is -0.196. The van der Waals surface area contributed by atoms with Crippen LogP contribution >= 0.6 is 22.6 Å². The zero-order chi connectivity index (χ0) is 11.1. The summed E-state index contributed by atoms with van der Waals surface area (Å²) in [6.07, 6.45) is 0.998. The smallest absolute Gasteiger partial charge is 0.211 e. The summed E-state index contributed by atoms with van der Waals surface area (Å²) in [5, 5.41) is 4.30. The van der Waals surface area contributed by atoms with Crippen LogP contribution < -0.4 is 0 Å². The number of rotatable bonds is 1. The summed E-state index contributed by atoms with van der Waals surface area (Å²) >= 11 is 2.12. The number of hydrogen-bond donors (Lipinski definition) is 0. The Labute approximate surface area is 106 Å². The van der Waals surface area contributed by atoms with Gasteiger partial charge >= 0.3 is 0 Å². The van der Waals surface area contributed by atoms with Gasteiger partial charge in [0.25, 0.3) is 0 Å². The molecule has 2 aromatic rings. The van der Waals surface area contributed by atoms with Gasteiger partial charge in [0.1, 0.15) is 11.6 Å². The Morgan fingerprint density at radius 1 is 1.31 bits per heavy atom. The third-order valence-electron chi connectivity index (χ3n) is 2.89. The van der Waals surface area contributed by atoms with Crippen molar-refractivity contribution < 1.29 is 4.39 Å². The van der Waals surface area contributed by atoms with Gasteiger partial charge in [-0.15, -0.1) is 5.10 Å². The summed E-state index contributed by atoms with van der Waals surface area (Å²) in [5.74, 6) is 1.06. The number of fused-ring (bicyclic) bond motifs is 1. The third kappa shape index (κ3) is 1.63. The highest BCUT2D eigenvalue weighted by Crippen LogP contribution is 2.32. The van der Waals surface area contributed by atoms with Crippen molar-refractivity contribution in [1.29, 1.82) is 0 Å². The van der Waals surface area contributed by atoms with Crippen molar-refractivity contribution in [2.24, 2.45) is 0 Å². The predicted molar refractivity (Wildman–Crippen MR) is 65.6 cm³/mol. The van der Waals surface area contributed by atoms with Gasteiger partial charge in [0, 0.05) is 35.1 Å². The molecule has 82 valence electrons. The summed E-state index contributed by atoms with van der Waals surface area (Å²) in [4.78, 5) is 4.42. The average Bonchev–Trinajstić information content (AvgIpc) is 2.78. The van der Waals surface area contributed by atoms with Crippen LogP contribution in [0.1, 0.15) is 23.7 Å². The van der Waals surface area contributed by atoms with Crippen molar-refractivity contribution in [3.8, 4) is 0 Å². The molecule has 1 aromatic heterocycles. The van der Waals surface area contributed by atoms with Gasteiger partial charge in [0.15, 0.2) is 0 Å². The quantitative estimate of drug-likeness (QED) is 0.753. The molecule has 0 fully saturated rings. The molecule has 1 aliphatic heterocycles. The fraction of sp³-hybridized carbons (Fsp3) is 0.273. The van der Waals surface area contributed by atoms with E-state index >= 15 is 0 Å². The van der Waals surface area contributed by atoms with Gasteiger partial charge in [-0.1, -0.05) is 12.1 Å². The van der Waals surface area contributed by atoms with E-state index in [0.717, 1.165) is 28.2 Å². The lowest BCUT2D eigenvalue weighted by Gasteiger charge is -2.07. The number of aromatic nitrogens is 3. The standard InChI is InChI=1S/C11H9FIN3/c12-8-3-1-7(2-4-8)9-5-6-16-10(9)14-11(13)15-16/h1-4,9H,5-6H2/t9-/m0/s1. The third-order valence-corrected chi connectivity index (χ3v) is 3.35. The van der Waals surface area contributed by atoms with E-state index in [-0.39, 0.29) is 11.7 Å². The van der Waals surface area contributed by atoms with E-state index in [1.165, 1.54) is 12.1 Å². The molecule has 0 radical (unpaired) electrons. The van der Waals surface area contributed by atoms with E-state index in [4.69, 9.17) is 0 Å². The van der Waals surface area contributed by atoms with Gasteiger partial charge in [0.2, 0.25) is 3.83 Å². The minimum absolute atomic E-state index is 0.196. The maximum absolute atomic E-state index is 12.8. The van der Waals surface area contributed by atoms with E-state index in [2.05, 4.69) is 32.7 Å². The Balaban J connectivity index is 2.00. The van der Waals surface area contributed by atoms with Crippen LogP contribution in [0, 0.1) is 9.65 Å². The zero-order valence-corrected chi connectivity index (χ0v) is 10.6. The Morgan fingerprint density at radius 3 is 2.81 bits per heavy atom. The van der Waals surface area contributed by atoms with Gasteiger partial charge in [0.05, 0.1) is 0 Å². The summed E-state index contributed by atoms with van der Waals surface area (Å²) in [5.41, 5.74) is 1.11. The Kier molecular flexibility index (Phi) is 2.42. The monoisotopic (exact) mass is 329 g/mol. The molecule has 0 aliphatic carbocycles. The van der Waals surface area contributed by atoms with Crippen LogP contribution in [0.2, 0.25) is 0 Å². The molecule has 0 saturated carbocycles. The van der Waals surface area contributed by atoms with Gasteiger partial charge in [-0.3, -0.25) is 0 Å². The molecule has 2 heterocycles. The predicted octanol–water partition coefficient (Wildman–Crippen LogP) is 2.56. The lowest BCUT2D eigenvalue weighted by Crippen LogP contribution is -1.98. The van der Waals surface area contributed by atoms with Crippen LogP contribution in [0.15, 0.2) is 24.3 Å². The van der Waals surface area contributed by atoms with Crippen LogP contribution in [0.25, 0.3) is 0 Å².